The molecule has 0 aliphatic carbocycles. The van der Waals surface area contributed by atoms with E-state index in [1.807, 2.05) is 6.07 Å². The van der Waals surface area contributed by atoms with Gasteiger partial charge in [0.2, 0.25) is 5.91 Å². The van der Waals surface area contributed by atoms with E-state index >= 15 is 0 Å². The van der Waals surface area contributed by atoms with Gasteiger partial charge < -0.3 is 16.2 Å². The number of aromatic nitrogens is 1. The average Bonchev–Trinajstić information content (AvgIpc) is 2.85. The van der Waals surface area contributed by atoms with E-state index in [2.05, 4.69) is 10.3 Å². The number of nitrogens with two attached hydrogens (primary N) is 1. The largest absolute Gasteiger partial charge is 0.476 e. The third kappa shape index (κ3) is 3.12. The van der Waals surface area contributed by atoms with Crippen LogP contribution in [-0.4, -0.2) is 22.0 Å². The van der Waals surface area contributed by atoms with Crippen LogP contribution in [0.25, 0.3) is 0 Å². The number of amides is 1. The lowest BCUT2D eigenvalue weighted by Gasteiger charge is -2.07. The molecule has 0 bridgehead atoms. The van der Waals surface area contributed by atoms with E-state index in [9.17, 15) is 9.59 Å². The summed E-state index contributed by atoms with van der Waals surface area (Å²) >= 11 is 1.28. The third-order valence-corrected chi connectivity index (χ3v) is 3.56. The number of nitrogens with one attached hydrogen (secondary N) is 1. The topological polar surface area (TPSA) is 105 Å². The number of anilines is 1. The lowest BCUT2D eigenvalue weighted by Crippen LogP contribution is -2.12. The van der Waals surface area contributed by atoms with Gasteiger partial charge in [-0.05, 0) is 30.7 Å². The molecule has 0 unspecified atom stereocenters. The lowest BCUT2D eigenvalue weighted by molar-refractivity contribution is 0.0691. The van der Waals surface area contributed by atoms with Crippen LogP contribution in [-0.2, 0) is 6.54 Å². The number of aryl methyl sites for hydroxylation is 1. The first-order valence-electron chi connectivity index (χ1n) is 5.79. The van der Waals surface area contributed by atoms with Gasteiger partial charge in [0.15, 0.2) is 5.69 Å². The smallest absolute Gasteiger partial charge is 0.355 e. The van der Waals surface area contributed by atoms with Gasteiger partial charge in [-0.15, -0.1) is 11.3 Å². The zero-order chi connectivity index (χ0) is 14.7. The van der Waals surface area contributed by atoms with E-state index in [4.69, 9.17) is 10.8 Å². The molecule has 1 aromatic carbocycles. The second-order valence-corrected chi connectivity index (χ2v) is 5.12. The SMILES string of the molecule is Cc1cc(NCc2nc(C(=O)O)cs2)ccc1C(N)=O. The Morgan fingerprint density at radius 1 is 1.45 bits per heavy atom. The monoisotopic (exact) mass is 291 g/mol. The molecule has 0 atom stereocenters. The Morgan fingerprint density at radius 2 is 2.20 bits per heavy atom. The number of carboxylic acids is 1. The summed E-state index contributed by atoms with van der Waals surface area (Å²) in [7, 11) is 0. The fourth-order valence-corrected chi connectivity index (χ4v) is 2.43. The van der Waals surface area contributed by atoms with Gasteiger partial charge in [-0.3, -0.25) is 4.79 Å². The second kappa shape index (κ2) is 5.70. The van der Waals surface area contributed by atoms with Crippen molar-refractivity contribution in [3.05, 3.63) is 45.4 Å². The van der Waals surface area contributed by atoms with E-state index < -0.39 is 11.9 Å². The van der Waals surface area contributed by atoms with E-state index in [1.54, 1.807) is 19.1 Å². The maximum absolute atomic E-state index is 11.1. The highest BCUT2D eigenvalue weighted by atomic mass is 32.1. The molecule has 0 saturated heterocycles. The minimum Gasteiger partial charge on any atom is -0.476 e. The first-order valence-corrected chi connectivity index (χ1v) is 6.67. The van der Waals surface area contributed by atoms with Crippen LogP contribution in [0.3, 0.4) is 0 Å². The molecule has 7 heteroatoms. The summed E-state index contributed by atoms with van der Waals surface area (Å²) in [6, 6.07) is 5.22. The van der Waals surface area contributed by atoms with Crippen LogP contribution in [0.4, 0.5) is 5.69 Å². The van der Waals surface area contributed by atoms with Crippen molar-refractivity contribution in [1.29, 1.82) is 0 Å². The van der Waals surface area contributed by atoms with Gasteiger partial charge >= 0.3 is 5.97 Å². The Morgan fingerprint density at radius 3 is 2.75 bits per heavy atom. The van der Waals surface area contributed by atoms with Crippen LogP contribution in [0.5, 0.6) is 0 Å². The highest BCUT2D eigenvalue weighted by Crippen LogP contribution is 2.17. The Bertz CT molecular complexity index is 667. The zero-order valence-electron chi connectivity index (χ0n) is 10.7. The van der Waals surface area contributed by atoms with Crippen LogP contribution in [0.1, 0.15) is 31.4 Å². The molecule has 0 radical (unpaired) electrons. The number of carbonyl (C=O) groups is 2. The molecular weight excluding hydrogens is 278 g/mol. The van der Waals surface area contributed by atoms with E-state index in [0.717, 1.165) is 11.3 Å². The fourth-order valence-electron chi connectivity index (χ4n) is 1.72. The molecule has 0 saturated carbocycles. The molecule has 0 spiro atoms. The Balaban J connectivity index is 2.05. The molecule has 1 aromatic heterocycles. The third-order valence-electron chi connectivity index (χ3n) is 2.71. The maximum Gasteiger partial charge on any atom is 0.355 e. The van der Waals surface area contributed by atoms with Gasteiger partial charge in [0, 0.05) is 16.6 Å². The molecule has 6 nitrogen and oxygen atoms in total. The standard InChI is InChI=1S/C13H13N3O3S/c1-7-4-8(2-3-9(7)12(14)17)15-5-11-16-10(6-20-11)13(18)19/h2-4,6,15H,5H2,1H3,(H2,14,17)(H,18,19). The van der Waals surface area contributed by atoms with Crippen LogP contribution >= 0.6 is 11.3 Å². The van der Waals surface area contributed by atoms with Crippen molar-refractivity contribution in [1.82, 2.24) is 4.98 Å². The Hall–Kier alpha value is -2.41. The summed E-state index contributed by atoms with van der Waals surface area (Å²) in [6.45, 7) is 2.23. The molecule has 0 aliphatic heterocycles. The van der Waals surface area contributed by atoms with Crippen LogP contribution in [0.15, 0.2) is 23.6 Å². The van der Waals surface area contributed by atoms with Crippen molar-refractivity contribution < 1.29 is 14.7 Å². The summed E-state index contributed by atoms with van der Waals surface area (Å²) in [4.78, 5) is 25.8. The molecule has 4 N–H and O–H groups in total. The number of aromatic carboxylic acids is 1. The summed E-state index contributed by atoms with van der Waals surface area (Å²) in [5, 5.41) is 14.1. The van der Waals surface area contributed by atoms with Gasteiger partial charge in [0.1, 0.15) is 5.01 Å². The molecule has 1 amide bonds. The number of primary amides is 1. The van der Waals surface area contributed by atoms with Crippen molar-refractivity contribution in [2.24, 2.45) is 5.73 Å². The predicted octanol–water partition coefficient (Wildman–Crippen LogP) is 1.86. The van der Waals surface area contributed by atoms with Crippen molar-refractivity contribution in [2.45, 2.75) is 13.5 Å². The van der Waals surface area contributed by atoms with Crippen molar-refractivity contribution in [3.8, 4) is 0 Å². The number of nitrogens with zero attached hydrogens (tertiary/aromatic N) is 1. The summed E-state index contributed by atoms with van der Waals surface area (Å²) < 4.78 is 0. The molecule has 20 heavy (non-hydrogen) atoms. The molecular formula is C13H13N3O3S. The van der Waals surface area contributed by atoms with Crippen LogP contribution in [0, 0.1) is 6.92 Å². The van der Waals surface area contributed by atoms with E-state index in [0.29, 0.717) is 17.1 Å². The number of rotatable bonds is 5. The number of benzene rings is 1. The molecule has 104 valence electrons. The Kier molecular flexibility index (Phi) is 3.99. The van der Waals surface area contributed by atoms with Crippen LogP contribution < -0.4 is 11.1 Å². The minimum absolute atomic E-state index is 0.0482. The highest BCUT2D eigenvalue weighted by molar-refractivity contribution is 7.09. The maximum atomic E-state index is 11.1. The van der Waals surface area contributed by atoms with E-state index in [1.165, 1.54) is 16.7 Å². The molecule has 1 heterocycles. The van der Waals surface area contributed by atoms with Gasteiger partial charge in [0.25, 0.3) is 0 Å². The number of carboxylic acid groups (broad SMARTS) is 1. The first-order chi connectivity index (χ1) is 9.47. The summed E-state index contributed by atoms with van der Waals surface area (Å²) in [5.74, 6) is -1.49. The highest BCUT2D eigenvalue weighted by Gasteiger charge is 2.09. The minimum atomic E-state index is -1.03. The van der Waals surface area contributed by atoms with Gasteiger partial charge in [0.05, 0.1) is 6.54 Å². The summed E-state index contributed by atoms with van der Waals surface area (Å²) in [5.41, 5.74) is 7.37. The molecule has 2 aromatic rings. The molecule has 0 aliphatic rings. The van der Waals surface area contributed by atoms with Gasteiger partial charge in [-0.2, -0.15) is 0 Å². The number of thiazole rings is 1. The lowest BCUT2D eigenvalue weighted by atomic mass is 10.1. The van der Waals surface area contributed by atoms with Gasteiger partial charge in [-0.1, -0.05) is 0 Å². The van der Waals surface area contributed by atoms with Gasteiger partial charge in [-0.25, -0.2) is 9.78 Å². The zero-order valence-corrected chi connectivity index (χ0v) is 11.5. The van der Waals surface area contributed by atoms with Crippen molar-refractivity contribution in [3.63, 3.8) is 0 Å². The second-order valence-electron chi connectivity index (χ2n) is 4.18. The van der Waals surface area contributed by atoms with Crippen molar-refractivity contribution >= 4 is 28.9 Å². The average molecular weight is 291 g/mol. The number of hydrogen-bond donors (Lipinski definition) is 3. The Labute approximate surface area is 119 Å². The number of carbonyl (C=O) groups excluding carboxylic acids is 1. The number of hydrogen-bond acceptors (Lipinski definition) is 5. The fraction of sp³-hybridized carbons (Fsp3) is 0.154. The molecule has 2 rings (SSSR count). The van der Waals surface area contributed by atoms with Crippen LogP contribution in [0.2, 0.25) is 0 Å². The molecule has 0 fully saturated rings. The summed E-state index contributed by atoms with van der Waals surface area (Å²) in [6.07, 6.45) is 0. The van der Waals surface area contributed by atoms with Crippen molar-refractivity contribution in [2.75, 3.05) is 5.32 Å². The quantitative estimate of drug-likeness (QED) is 0.779. The van der Waals surface area contributed by atoms with E-state index in [-0.39, 0.29) is 5.69 Å². The predicted molar refractivity (Wildman–Crippen MR) is 76.1 cm³/mol. The first kappa shape index (κ1) is 14.0. The normalized spacial score (nSPS) is 10.2.